The second-order valence-corrected chi connectivity index (χ2v) is 4.53. The van der Waals surface area contributed by atoms with Crippen LogP contribution < -0.4 is 5.32 Å². The van der Waals surface area contributed by atoms with Crippen LogP contribution in [0.4, 0.5) is 14.5 Å². The molecule has 0 heterocycles. The molecule has 0 aliphatic heterocycles. The first-order valence-corrected chi connectivity index (χ1v) is 5.98. The fourth-order valence-electron chi connectivity index (χ4n) is 1.97. The topological polar surface area (TPSA) is 32.3 Å². The molecule has 0 bridgehead atoms. The molecule has 0 spiro atoms. The lowest BCUT2D eigenvalue weighted by atomic mass is 10.1. The van der Waals surface area contributed by atoms with Crippen molar-refractivity contribution in [1.29, 1.82) is 0 Å². The summed E-state index contributed by atoms with van der Waals surface area (Å²) < 4.78 is 26.5. The highest BCUT2D eigenvalue weighted by molar-refractivity contribution is 5.54. The van der Waals surface area contributed by atoms with Crippen LogP contribution in [0.2, 0.25) is 0 Å². The molecule has 2 nitrogen and oxygen atoms in total. The molecule has 0 aliphatic rings. The number of aromatic hydroxyl groups is 1. The Bertz CT molecular complexity index is 599. The summed E-state index contributed by atoms with van der Waals surface area (Å²) in [6.45, 7) is 3.64. The SMILES string of the molecule is Cc1cc(O)ccc1NC(C)c1ccc(F)cc1F. The zero-order chi connectivity index (χ0) is 14.0. The first-order valence-electron chi connectivity index (χ1n) is 5.98. The van der Waals surface area contributed by atoms with E-state index in [9.17, 15) is 13.9 Å². The summed E-state index contributed by atoms with van der Waals surface area (Å²) in [7, 11) is 0. The minimum absolute atomic E-state index is 0.184. The van der Waals surface area contributed by atoms with Crippen molar-refractivity contribution in [2.75, 3.05) is 5.32 Å². The van der Waals surface area contributed by atoms with E-state index in [0.717, 1.165) is 17.3 Å². The fraction of sp³-hybridized carbons (Fsp3) is 0.200. The zero-order valence-electron chi connectivity index (χ0n) is 10.7. The minimum atomic E-state index is -0.589. The number of aryl methyl sites for hydroxylation is 1. The van der Waals surface area contributed by atoms with Gasteiger partial charge in [-0.25, -0.2) is 8.78 Å². The predicted octanol–water partition coefficient (Wildman–Crippen LogP) is 4.15. The number of halogens is 2. The number of hydrogen-bond acceptors (Lipinski definition) is 2. The molecular weight excluding hydrogens is 248 g/mol. The van der Waals surface area contributed by atoms with E-state index in [0.29, 0.717) is 5.56 Å². The lowest BCUT2D eigenvalue weighted by Gasteiger charge is -2.18. The maximum atomic E-state index is 13.6. The molecule has 0 aliphatic carbocycles. The first kappa shape index (κ1) is 13.3. The minimum Gasteiger partial charge on any atom is -0.508 e. The predicted molar refractivity (Wildman–Crippen MR) is 71.2 cm³/mol. The Balaban J connectivity index is 2.23. The molecule has 0 aromatic heterocycles. The molecule has 0 fully saturated rings. The Hall–Kier alpha value is -2.10. The molecule has 0 radical (unpaired) electrons. The van der Waals surface area contributed by atoms with Crippen LogP contribution in [0.15, 0.2) is 36.4 Å². The largest absolute Gasteiger partial charge is 0.508 e. The molecule has 2 aromatic carbocycles. The van der Waals surface area contributed by atoms with Gasteiger partial charge in [0.15, 0.2) is 0 Å². The van der Waals surface area contributed by atoms with Crippen molar-refractivity contribution in [3.8, 4) is 5.75 Å². The molecule has 2 rings (SSSR count). The molecule has 2 N–H and O–H groups in total. The van der Waals surface area contributed by atoms with Gasteiger partial charge in [-0.1, -0.05) is 6.07 Å². The van der Waals surface area contributed by atoms with Gasteiger partial charge in [-0.3, -0.25) is 0 Å². The molecule has 2 aromatic rings. The number of nitrogens with one attached hydrogen (secondary N) is 1. The summed E-state index contributed by atoms with van der Waals surface area (Å²) >= 11 is 0. The van der Waals surface area contributed by atoms with Gasteiger partial charge in [0.1, 0.15) is 17.4 Å². The second-order valence-electron chi connectivity index (χ2n) is 4.53. The molecule has 0 saturated heterocycles. The molecule has 100 valence electrons. The summed E-state index contributed by atoms with van der Waals surface area (Å²) in [4.78, 5) is 0. The Kier molecular flexibility index (Phi) is 3.69. The summed E-state index contributed by atoms with van der Waals surface area (Å²) in [5.74, 6) is -0.977. The molecule has 1 unspecified atom stereocenters. The summed E-state index contributed by atoms with van der Waals surface area (Å²) in [5.41, 5.74) is 2.05. The standard InChI is InChI=1S/C15H15F2NO/c1-9-7-12(19)4-6-15(9)18-10(2)13-5-3-11(16)8-14(13)17/h3-8,10,18-19H,1-2H3. The van der Waals surface area contributed by atoms with E-state index < -0.39 is 11.6 Å². The van der Waals surface area contributed by atoms with E-state index in [2.05, 4.69) is 5.32 Å². The van der Waals surface area contributed by atoms with Crippen molar-refractivity contribution in [1.82, 2.24) is 0 Å². The molecule has 0 saturated carbocycles. The van der Waals surface area contributed by atoms with E-state index in [4.69, 9.17) is 0 Å². The monoisotopic (exact) mass is 263 g/mol. The lowest BCUT2D eigenvalue weighted by Crippen LogP contribution is -2.09. The van der Waals surface area contributed by atoms with Crippen LogP contribution in [0.25, 0.3) is 0 Å². The van der Waals surface area contributed by atoms with Gasteiger partial charge in [0.05, 0.1) is 6.04 Å². The first-order chi connectivity index (χ1) is 8.97. The second kappa shape index (κ2) is 5.26. The number of phenolic OH excluding ortho intramolecular Hbond substituents is 1. The summed E-state index contributed by atoms with van der Waals surface area (Å²) in [6.07, 6.45) is 0. The summed E-state index contributed by atoms with van der Waals surface area (Å²) in [6, 6.07) is 8.14. The third-order valence-corrected chi connectivity index (χ3v) is 3.01. The normalized spacial score (nSPS) is 12.2. The number of phenols is 1. The van der Waals surface area contributed by atoms with Gasteiger partial charge in [0.2, 0.25) is 0 Å². The third kappa shape index (κ3) is 3.02. The Labute approximate surface area is 110 Å². The number of hydrogen-bond donors (Lipinski definition) is 2. The van der Waals surface area contributed by atoms with E-state index in [1.54, 1.807) is 25.1 Å². The maximum Gasteiger partial charge on any atom is 0.131 e. The van der Waals surface area contributed by atoms with Crippen molar-refractivity contribution in [2.24, 2.45) is 0 Å². The van der Waals surface area contributed by atoms with E-state index >= 15 is 0 Å². The van der Waals surface area contributed by atoms with Crippen molar-refractivity contribution in [2.45, 2.75) is 19.9 Å². The zero-order valence-corrected chi connectivity index (χ0v) is 10.7. The number of rotatable bonds is 3. The van der Waals surface area contributed by atoms with Crippen molar-refractivity contribution < 1.29 is 13.9 Å². The molecular formula is C15H15F2NO. The van der Waals surface area contributed by atoms with E-state index in [1.807, 2.05) is 6.92 Å². The summed E-state index contributed by atoms with van der Waals surface area (Å²) in [5, 5.41) is 12.5. The van der Waals surface area contributed by atoms with Crippen molar-refractivity contribution in [3.05, 3.63) is 59.2 Å². The smallest absolute Gasteiger partial charge is 0.131 e. The lowest BCUT2D eigenvalue weighted by molar-refractivity contribution is 0.475. The van der Waals surface area contributed by atoms with E-state index in [-0.39, 0.29) is 11.8 Å². The van der Waals surface area contributed by atoms with Crippen LogP contribution in [0.1, 0.15) is 24.1 Å². The quantitative estimate of drug-likeness (QED) is 0.815. The van der Waals surface area contributed by atoms with Gasteiger partial charge in [-0.05, 0) is 43.7 Å². The van der Waals surface area contributed by atoms with Gasteiger partial charge in [0, 0.05) is 17.3 Å². The average molecular weight is 263 g/mol. The van der Waals surface area contributed by atoms with Crippen LogP contribution in [0.3, 0.4) is 0 Å². The van der Waals surface area contributed by atoms with E-state index in [1.165, 1.54) is 12.1 Å². The Morgan fingerprint density at radius 2 is 1.84 bits per heavy atom. The van der Waals surface area contributed by atoms with Crippen LogP contribution in [0, 0.1) is 18.6 Å². The van der Waals surface area contributed by atoms with Gasteiger partial charge >= 0.3 is 0 Å². The Morgan fingerprint density at radius 3 is 2.47 bits per heavy atom. The molecule has 1 atom stereocenters. The van der Waals surface area contributed by atoms with Gasteiger partial charge in [0.25, 0.3) is 0 Å². The number of anilines is 1. The highest BCUT2D eigenvalue weighted by Gasteiger charge is 2.12. The van der Waals surface area contributed by atoms with Crippen LogP contribution >= 0.6 is 0 Å². The van der Waals surface area contributed by atoms with Gasteiger partial charge in [-0.15, -0.1) is 0 Å². The van der Waals surface area contributed by atoms with Gasteiger partial charge in [-0.2, -0.15) is 0 Å². The number of benzene rings is 2. The molecule has 4 heteroatoms. The Morgan fingerprint density at radius 1 is 1.11 bits per heavy atom. The van der Waals surface area contributed by atoms with Crippen LogP contribution in [0.5, 0.6) is 5.75 Å². The van der Waals surface area contributed by atoms with Crippen molar-refractivity contribution in [3.63, 3.8) is 0 Å². The van der Waals surface area contributed by atoms with Crippen LogP contribution in [-0.2, 0) is 0 Å². The van der Waals surface area contributed by atoms with Crippen molar-refractivity contribution >= 4 is 5.69 Å². The fourth-order valence-corrected chi connectivity index (χ4v) is 1.97. The molecule has 19 heavy (non-hydrogen) atoms. The van der Waals surface area contributed by atoms with Crippen LogP contribution in [-0.4, -0.2) is 5.11 Å². The highest BCUT2D eigenvalue weighted by Crippen LogP contribution is 2.26. The average Bonchev–Trinajstić information content (AvgIpc) is 2.32. The maximum absolute atomic E-state index is 13.6. The van der Waals surface area contributed by atoms with Gasteiger partial charge < -0.3 is 10.4 Å². The third-order valence-electron chi connectivity index (χ3n) is 3.01. The highest BCUT2D eigenvalue weighted by atomic mass is 19.1. The molecule has 0 amide bonds.